The van der Waals surface area contributed by atoms with E-state index in [4.69, 9.17) is 4.52 Å². The van der Waals surface area contributed by atoms with E-state index in [2.05, 4.69) is 37.6 Å². The highest BCUT2D eigenvalue weighted by Gasteiger charge is 2.25. The number of fused-ring (bicyclic) bond motifs is 1. The number of aromatic nitrogens is 5. The van der Waals surface area contributed by atoms with Crippen molar-refractivity contribution in [2.75, 3.05) is 26.7 Å². The van der Waals surface area contributed by atoms with Crippen molar-refractivity contribution in [3.63, 3.8) is 0 Å². The molecule has 4 heterocycles. The molecule has 0 saturated carbocycles. The van der Waals surface area contributed by atoms with Gasteiger partial charge >= 0.3 is 0 Å². The van der Waals surface area contributed by atoms with Crippen molar-refractivity contribution in [2.45, 2.75) is 6.04 Å². The standard InChI is InChI=1S/C13H15N7O/c1-19-5-4-14-6-10(19)12-16-13(21-18-12)9-2-3-11-17-15-8-20(11)7-9/h2-3,7-8,10,14H,4-6H2,1H3. The summed E-state index contributed by atoms with van der Waals surface area (Å²) in [5.41, 5.74) is 1.64. The summed E-state index contributed by atoms with van der Waals surface area (Å²) in [6.45, 7) is 2.79. The molecule has 1 N–H and O–H groups in total. The van der Waals surface area contributed by atoms with Gasteiger partial charge in [-0.2, -0.15) is 4.98 Å². The third kappa shape index (κ3) is 2.18. The first kappa shape index (κ1) is 12.4. The molecule has 8 nitrogen and oxygen atoms in total. The van der Waals surface area contributed by atoms with E-state index in [-0.39, 0.29) is 6.04 Å². The van der Waals surface area contributed by atoms with Gasteiger partial charge in [-0.15, -0.1) is 10.2 Å². The maximum atomic E-state index is 5.41. The molecule has 3 aromatic rings. The molecule has 1 fully saturated rings. The fraction of sp³-hybridized carbons (Fsp3) is 0.385. The Morgan fingerprint density at radius 3 is 3.24 bits per heavy atom. The number of hydrogen-bond donors (Lipinski definition) is 1. The summed E-state index contributed by atoms with van der Waals surface area (Å²) >= 11 is 0. The average Bonchev–Trinajstić information content (AvgIpc) is 3.16. The van der Waals surface area contributed by atoms with Crippen molar-refractivity contribution < 1.29 is 4.52 Å². The molecule has 0 amide bonds. The van der Waals surface area contributed by atoms with Crippen LogP contribution in [-0.2, 0) is 0 Å². The second kappa shape index (κ2) is 4.90. The minimum atomic E-state index is 0.148. The lowest BCUT2D eigenvalue weighted by atomic mass is 10.2. The van der Waals surface area contributed by atoms with E-state index in [0.29, 0.717) is 11.7 Å². The van der Waals surface area contributed by atoms with Gasteiger partial charge in [0, 0.05) is 25.8 Å². The van der Waals surface area contributed by atoms with Crippen molar-refractivity contribution in [2.24, 2.45) is 0 Å². The fourth-order valence-electron chi connectivity index (χ4n) is 2.54. The number of nitrogens with zero attached hydrogens (tertiary/aromatic N) is 6. The van der Waals surface area contributed by atoms with Crippen molar-refractivity contribution in [3.8, 4) is 11.5 Å². The van der Waals surface area contributed by atoms with Crippen LogP contribution >= 0.6 is 0 Å². The van der Waals surface area contributed by atoms with Gasteiger partial charge < -0.3 is 9.84 Å². The zero-order valence-corrected chi connectivity index (χ0v) is 11.6. The van der Waals surface area contributed by atoms with Crippen molar-refractivity contribution in [1.82, 2.24) is 35.0 Å². The summed E-state index contributed by atoms with van der Waals surface area (Å²) < 4.78 is 7.23. The maximum absolute atomic E-state index is 5.41. The normalized spacial score (nSPS) is 20.1. The highest BCUT2D eigenvalue weighted by molar-refractivity contribution is 5.55. The number of rotatable bonds is 2. The third-order valence-electron chi connectivity index (χ3n) is 3.79. The molecule has 108 valence electrons. The van der Waals surface area contributed by atoms with Crippen LogP contribution in [-0.4, -0.2) is 56.3 Å². The first-order chi connectivity index (χ1) is 10.3. The predicted octanol–water partition coefficient (Wildman–Crippen LogP) is 0.355. The quantitative estimate of drug-likeness (QED) is 0.727. The Morgan fingerprint density at radius 1 is 1.38 bits per heavy atom. The lowest BCUT2D eigenvalue weighted by Crippen LogP contribution is -2.44. The molecule has 0 aromatic carbocycles. The van der Waals surface area contributed by atoms with Gasteiger partial charge in [0.2, 0.25) is 0 Å². The molecule has 1 atom stereocenters. The zero-order chi connectivity index (χ0) is 14.2. The first-order valence-corrected chi connectivity index (χ1v) is 6.85. The summed E-state index contributed by atoms with van der Waals surface area (Å²) in [4.78, 5) is 6.76. The summed E-state index contributed by atoms with van der Waals surface area (Å²) in [5.74, 6) is 1.23. The molecule has 1 unspecified atom stereocenters. The number of likely N-dealkylation sites (N-methyl/N-ethyl adjacent to an activating group) is 1. The molecule has 8 heteroatoms. The summed E-state index contributed by atoms with van der Waals surface area (Å²) in [7, 11) is 2.07. The molecule has 1 saturated heterocycles. The molecule has 21 heavy (non-hydrogen) atoms. The number of hydrogen-bond acceptors (Lipinski definition) is 7. The van der Waals surface area contributed by atoms with Gasteiger partial charge in [-0.1, -0.05) is 5.16 Å². The third-order valence-corrected chi connectivity index (χ3v) is 3.79. The fourth-order valence-corrected chi connectivity index (χ4v) is 2.54. The minimum Gasteiger partial charge on any atom is -0.334 e. The molecule has 0 radical (unpaired) electrons. The maximum Gasteiger partial charge on any atom is 0.259 e. The van der Waals surface area contributed by atoms with Gasteiger partial charge in [-0.3, -0.25) is 9.30 Å². The van der Waals surface area contributed by atoms with Crippen LogP contribution in [0.25, 0.3) is 17.1 Å². The van der Waals surface area contributed by atoms with E-state index in [1.807, 2.05) is 22.7 Å². The molecular formula is C13H15N7O. The molecule has 1 aliphatic rings. The van der Waals surface area contributed by atoms with Crippen LogP contribution in [0.2, 0.25) is 0 Å². The van der Waals surface area contributed by atoms with Gasteiger partial charge in [0.25, 0.3) is 5.89 Å². The Labute approximate surface area is 120 Å². The van der Waals surface area contributed by atoms with Crippen LogP contribution in [0.4, 0.5) is 0 Å². The second-order valence-corrected chi connectivity index (χ2v) is 5.17. The minimum absolute atomic E-state index is 0.148. The van der Waals surface area contributed by atoms with Gasteiger partial charge in [0.15, 0.2) is 11.5 Å². The molecule has 3 aromatic heterocycles. The topological polar surface area (TPSA) is 84.4 Å². The Morgan fingerprint density at radius 2 is 2.33 bits per heavy atom. The van der Waals surface area contributed by atoms with Crippen molar-refractivity contribution >= 4 is 5.65 Å². The lowest BCUT2D eigenvalue weighted by Gasteiger charge is -2.30. The Kier molecular flexibility index (Phi) is 2.90. The van der Waals surface area contributed by atoms with E-state index in [0.717, 1.165) is 30.8 Å². The first-order valence-electron chi connectivity index (χ1n) is 6.85. The van der Waals surface area contributed by atoms with E-state index in [9.17, 15) is 0 Å². The van der Waals surface area contributed by atoms with Crippen LogP contribution < -0.4 is 5.32 Å². The lowest BCUT2D eigenvalue weighted by molar-refractivity contribution is 0.190. The van der Waals surface area contributed by atoms with E-state index >= 15 is 0 Å². The SMILES string of the molecule is CN1CCNCC1c1noc(-c2ccc3nncn3c2)n1. The largest absolute Gasteiger partial charge is 0.334 e. The number of pyridine rings is 1. The molecular weight excluding hydrogens is 270 g/mol. The molecule has 0 aliphatic carbocycles. The summed E-state index contributed by atoms with van der Waals surface area (Å²) in [6, 6.07) is 3.93. The number of nitrogens with one attached hydrogen (secondary N) is 1. The average molecular weight is 285 g/mol. The van der Waals surface area contributed by atoms with Crippen LogP contribution in [0.15, 0.2) is 29.2 Å². The Hall–Kier alpha value is -2.32. The zero-order valence-electron chi connectivity index (χ0n) is 11.6. The molecule has 0 bridgehead atoms. The highest BCUT2D eigenvalue weighted by Crippen LogP contribution is 2.22. The summed E-state index contributed by atoms with van der Waals surface area (Å²) in [6.07, 6.45) is 3.53. The van der Waals surface area contributed by atoms with E-state index in [1.54, 1.807) is 6.33 Å². The molecule has 1 aliphatic heterocycles. The Bertz CT molecular complexity index is 765. The van der Waals surface area contributed by atoms with Gasteiger partial charge in [-0.05, 0) is 19.2 Å². The van der Waals surface area contributed by atoms with Crippen LogP contribution in [0.5, 0.6) is 0 Å². The van der Waals surface area contributed by atoms with Crippen molar-refractivity contribution in [3.05, 3.63) is 30.5 Å². The predicted molar refractivity (Wildman–Crippen MR) is 74.5 cm³/mol. The summed E-state index contributed by atoms with van der Waals surface area (Å²) in [5, 5.41) is 15.3. The highest BCUT2D eigenvalue weighted by atomic mass is 16.5. The van der Waals surface area contributed by atoms with E-state index < -0.39 is 0 Å². The van der Waals surface area contributed by atoms with Gasteiger partial charge in [-0.25, -0.2) is 0 Å². The van der Waals surface area contributed by atoms with Crippen molar-refractivity contribution in [1.29, 1.82) is 0 Å². The van der Waals surface area contributed by atoms with Crippen LogP contribution in [0.3, 0.4) is 0 Å². The van der Waals surface area contributed by atoms with Crippen LogP contribution in [0.1, 0.15) is 11.9 Å². The second-order valence-electron chi connectivity index (χ2n) is 5.17. The number of piperazine rings is 1. The smallest absolute Gasteiger partial charge is 0.259 e. The van der Waals surface area contributed by atoms with Crippen LogP contribution in [0, 0.1) is 0 Å². The van der Waals surface area contributed by atoms with Gasteiger partial charge in [0.1, 0.15) is 6.33 Å². The monoisotopic (exact) mass is 285 g/mol. The molecule has 4 rings (SSSR count). The molecule has 0 spiro atoms. The van der Waals surface area contributed by atoms with Gasteiger partial charge in [0.05, 0.1) is 11.6 Å². The van der Waals surface area contributed by atoms with E-state index in [1.165, 1.54) is 0 Å². The Balaban J connectivity index is 1.66.